The zero-order chi connectivity index (χ0) is 10.8. The second-order valence-electron chi connectivity index (χ2n) is 4.75. The lowest BCUT2D eigenvalue weighted by atomic mass is 9.84. The molecule has 2 rings (SSSR count). The van der Waals surface area contributed by atoms with Crippen LogP contribution in [0.1, 0.15) is 26.2 Å². The third-order valence-electron chi connectivity index (χ3n) is 3.48. The molecule has 4 nitrogen and oxygen atoms in total. The first-order chi connectivity index (χ1) is 7.18. The van der Waals surface area contributed by atoms with E-state index in [1.165, 1.54) is 0 Å². The van der Waals surface area contributed by atoms with E-state index in [2.05, 4.69) is 5.32 Å². The van der Waals surface area contributed by atoms with Gasteiger partial charge < -0.3 is 15.3 Å². The molecule has 15 heavy (non-hydrogen) atoms. The molecular weight excluding hydrogens is 192 g/mol. The molecule has 2 N–H and O–H groups in total. The van der Waals surface area contributed by atoms with E-state index < -0.39 is 6.10 Å². The van der Waals surface area contributed by atoms with Gasteiger partial charge in [0, 0.05) is 19.0 Å². The maximum atomic E-state index is 11.8. The number of fused-ring (bicyclic) bond motifs is 1. The fourth-order valence-corrected chi connectivity index (χ4v) is 2.77. The number of aliphatic hydroxyl groups excluding tert-OH is 1. The van der Waals surface area contributed by atoms with Gasteiger partial charge in [-0.2, -0.15) is 0 Å². The molecule has 0 bridgehead atoms. The fraction of sp³-hybridized carbons (Fsp3) is 0.909. The number of amides is 1. The zero-order valence-electron chi connectivity index (χ0n) is 9.28. The van der Waals surface area contributed by atoms with Gasteiger partial charge in [0.2, 0.25) is 5.91 Å². The Balaban J connectivity index is 2.05. The Morgan fingerprint density at radius 3 is 3.13 bits per heavy atom. The highest BCUT2D eigenvalue weighted by atomic mass is 16.3. The maximum absolute atomic E-state index is 11.8. The van der Waals surface area contributed by atoms with Gasteiger partial charge in [0.1, 0.15) is 0 Å². The molecule has 2 aliphatic heterocycles. The van der Waals surface area contributed by atoms with Crippen molar-refractivity contribution in [1.29, 1.82) is 0 Å². The van der Waals surface area contributed by atoms with Crippen LogP contribution in [0.2, 0.25) is 0 Å². The summed E-state index contributed by atoms with van der Waals surface area (Å²) in [6.07, 6.45) is 2.27. The number of piperidine rings is 2. The monoisotopic (exact) mass is 212 g/mol. The first-order valence-corrected chi connectivity index (χ1v) is 5.86. The molecule has 0 saturated carbocycles. The Labute approximate surface area is 90.6 Å². The number of nitrogens with one attached hydrogen (secondary N) is 1. The third-order valence-corrected chi connectivity index (χ3v) is 3.48. The molecule has 2 aliphatic rings. The van der Waals surface area contributed by atoms with Crippen molar-refractivity contribution >= 4 is 5.91 Å². The Bertz CT molecular complexity index is 243. The molecule has 0 spiro atoms. The first kappa shape index (κ1) is 10.9. The van der Waals surface area contributed by atoms with Gasteiger partial charge >= 0.3 is 0 Å². The molecule has 1 amide bonds. The normalized spacial score (nSPS) is 33.7. The van der Waals surface area contributed by atoms with E-state index in [4.69, 9.17) is 0 Å². The second kappa shape index (κ2) is 4.49. The number of hydrogen-bond donors (Lipinski definition) is 2. The van der Waals surface area contributed by atoms with E-state index in [1.54, 1.807) is 6.92 Å². The Morgan fingerprint density at radius 1 is 1.60 bits per heavy atom. The van der Waals surface area contributed by atoms with E-state index in [1.807, 2.05) is 4.90 Å². The minimum atomic E-state index is -0.414. The molecule has 86 valence electrons. The molecule has 0 radical (unpaired) electrons. The van der Waals surface area contributed by atoms with Crippen molar-refractivity contribution in [2.75, 3.05) is 19.6 Å². The van der Waals surface area contributed by atoms with E-state index >= 15 is 0 Å². The van der Waals surface area contributed by atoms with Crippen LogP contribution in [-0.4, -0.2) is 47.7 Å². The lowest BCUT2D eigenvalue weighted by Gasteiger charge is -2.44. The van der Waals surface area contributed by atoms with Crippen LogP contribution >= 0.6 is 0 Å². The summed E-state index contributed by atoms with van der Waals surface area (Å²) in [5.74, 6) is 0.814. The molecule has 0 aliphatic carbocycles. The molecule has 0 aromatic carbocycles. The number of aliphatic hydroxyl groups is 1. The smallest absolute Gasteiger partial charge is 0.222 e. The average molecular weight is 212 g/mol. The number of carbonyl (C=O) groups is 1. The van der Waals surface area contributed by atoms with Crippen LogP contribution in [0.3, 0.4) is 0 Å². The zero-order valence-corrected chi connectivity index (χ0v) is 9.28. The summed E-state index contributed by atoms with van der Waals surface area (Å²) in [4.78, 5) is 13.7. The van der Waals surface area contributed by atoms with Crippen LogP contribution in [0.15, 0.2) is 0 Å². The highest BCUT2D eigenvalue weighted by molar-refractivity contribution is 5.77. The van der Waals surface area contributed by atoms with Gasteiger partial charge in [0.15, 0.2) is 0 Å². The third kappa shape index (κ3) is 2.32. The lowest BCUT2D eigenvalue weighted by Crippen LogP contribution is -2.56. The van der Waals surface area contributed by atoms with Gasteiger partial charge in [-0.25, -0.2) is 0 Å². The summed E-state index contributed by atoms with van der Waals surface area (Å²) in [6.45, 7) is 4.26. The van der Waals surface area contributed by atoms with Crippen LogP contribution < -0.4 is 5.32 Å². The molecule has 2 heterocycles. The summed E-state index contributed by atoms with van der Waals surface area (Å²) >= 11 is 0. The Hall–Kier alpha value is -0.610. The average Bonchev–Trinajstić information content (AvgIpc) is 2.22. The topological polar surface area (TPSA) is 52.6 Å². The van der Waals surface area contributed by atoms with Crippen molar-refractivity contribution in [1.82, 2.24) is 10.2 Å². The number of carbonyl (C=O) groups excluding carboxylic acids is 1. The van der Waals surface area contributed by atoms with Crippen LogP contribution in [0.25, 0.3) is 0 Å². The van der Waals surface area contributed by atoms with E-state index in [0.29, 0.717) is 24.9 Å². The van der Waals surface area contributed by atoms with Crippen LogP contribution in [0.5, 0.6) is 0 Å². The molecule has 0 aromatic heterocycles. The van der Waals surface area contributed by atoms with Crippen molar-refractivity contribution in [3.05, 3.63) is 0 Å². The number of β-amino-alcohol motifs (C(OH)–C–C–N with tert-alkyl or cyclic N) is 1. The number of hydrogen-bond acceptors (Lipinski definition) is 3. The van der Waals surface area contributed by atoms with Gasteiger partial charge in [-0.3, -0.25) is 4.79 Å². The standard InChI is InChI=1S/C11H20N2O2/c1-8(14)7-13-10-4-5-12-6-9(10)2-3-11(13)15/h8-10,12,14H,2-7H2,1H3. The minimum Gasteiger partial charge on any atom is -0.392 e. The summed E-state index contributed by atoms with van der Waals surface area (Å²) < 4.78 is 0. The predicted octanol–water partition coefficient (Wildman–Crippen LogP) is -0.0323. The number of rotatable bonds is 2. The van der Waals surface area contributed by atoms with Crippen molar-refractivity contribution in [2.45, 2.75) is 38.3 Å². The molecule has 2 fully saturated rings. The van der Waals surface area contributed by atoms with Crippen molar-refractivity contribution in [3.63, 3.8) is 0 Å². The van der Waals surface area contributed by atoms with Gasteiger partial charge in [-0.15, -0.1) is 0 Å². The Kier molecular flexibility index (Phi) is 3.26. The molecule has 3 unspecified atom stereocenters. The predicted molar refractivity (Wildman–Crippen MR) is 57.4 cm³/mol. The van der Waals surface area contributed by atoms with E-state index in [-0.39, 0.29) is 5.91 Å². The van der Waals surface area contributed by atoms with Crippen LogP contribution in [0.4, 0.5) is 0 Å². The summed E-state index contributed by atoms with van der Waals surface area (Å²) in [5, 5.41) is 12.8. The highest BCUT2D eigenvalue weighted by Gasteiger charge is 2.37. The van der Waals surface area contributed by atoms with Gasteiger partial charge in [-0.05, 0) is 38.8 Å². The van der Waals surface area contributed by atoms with Crippen molar-refractivity contribution < 1.29 is 9.90 Å². The van der Waals surface area contributed by atoms with Crippen molar-refractivity contribution in [2.24, 2.45) is 5.92 Å². The molecule has 3 atom stereocenters. The molecule has 4 heteroatoms. The van der Waals surface area contributed by atoms with Crippen molar-refractivity contribution in [3.8, 4) is 0 Å². The highest BCUT2D eigenvalue weighted by Crippen LogP contribution is 2.28. The molecular formula is C11H20N2O2. The number of likely N-dealkylation sites (tertiary alicyclic amines) is 1. The van der Waals surface area contributed by atoms with Gasteiger partial charge in [0.25, 0.3) is 0 Å². The first-order valence-electron chi connectivity index (χ1n) is 5.86. The largest absolute Gasteiger partial charge is 0.392 e. The lowest BCUT2D eigenvalue weighted by molar-refractivity contribution is -0.141. The second-order valence-corrected chi connectivity index (χ2v) is 4.75. The van der Waals surface area contributed by atoms with E-state index in [0.717, 1.165) is 25.9 Å². The summed E-state index contributed by atoms with van der Waals surface area (Å²) in [5.41, 5.74) is 0. The summed E-state index contributed by atoms with van der Waals surface area (Å²) in [6, 6.07) is 0.363. The van der Waals surface area contributed by atoms with Crippen LogP contribution in [-0.2, 0) is 4.79 Å². The minimum absolute atomic E-state index is 0.221. The Morgan fingerprint density at radius 2 is 2.40 bits per heavy atom. The molecule has 2 saturated heterocycles. The van der Waals surface area contributed by atoms with Gasteiger partial charge in [-0.1, -0.05) is 0 Å². The maximum Gasteiger partial charge on any atom is 0.222 e. The van der Waals surface area contributed by atoms with Crippen LogP contribution in [0, 0.1) is 5.92 Å². The fourth-order valence-electron chi connectivity index (χ4n) is 2.77. The SMILES string of the molecule is CC(O)CN1C(=O)CCC2CNCCC21. The quantitative estimate of drug-likeness (QED) is 0.676. The summed E-state index contributed by atoms with van der Waals surface area (Å²) in [7, 11) is 0. The van der Waals surface area contributed by atoms with E-state index in [9.17, 15) is 9.90 Å². The molecule has 0 aromatic rings. The van der Waals surface area contributed by atoms with Gasteiger partial charge in [0.05, 0.1) is 6.10 Å². The number of nitrogens with zero attached hydrogens (tertiary/aromatic N) is 1.